The standard InChI is InChI=1S/C8H9ClO6/c9-3-6(10)14-4-7(11)15-5-1-2-13-8(5)12/h5H,1-4H2. The Morgan fingerprint density at radius 1 is 1.47 bits per heavy atom. The second-order valence-corrected chi connectivity index (χ2v) is 3.00. The molecule has 0 radical (unpaired) electrons. The molecule has 1 aliphatic heterocycles. The van der Waals surface area contributed by atoms with Gasteiger partial charge in [-0.05, 0) is 0 Å². The van der Waals surface area contributed by atoms with Gasteiger partial charge in [0.2, 0.25) is 6.10 Å². The molecule has 0 aliphatic carbocycles. The van der Waals surface area contributed by atoms with E-state index in [2.05, 4.69) is 14.2 Å². The zero-order chi connectivity index (χ0) is 11.3. The van der Waals surface area contributed by atoms with Crippen LogP contribution in [0.4, 0.5) is 0 Å². The van der Waals surface area contributed by atoms with Gasteiger partial charge < -0.3 is 14.2 Å². The zero-order valence-electron chi connectivity index (χ0n) is 7.73. The summed E-state index contributed by atoms with van der Waals surface area (Å²) >= 11 is 5.13. The van der Waals surface area contributed by atoms with E-state index in [4.69, 9.17) is 11.6 Å². The third-order valence-corrected chi connectivity index (χ3v) is 1.84. The SMILES string of the molecule is O=C(CCl)OCC(=O)OC1CCOC1=O. The molecule has 1 rings (SSSR count). The number of carbonyl (C=O) groups excluding carboxylic acids is 3. The van der Waals surface area contributed by atoms with Crippen molar-refractivity contribution >= 4 is 29.5 Å². The number of cyclic esters (lactones) is 1. The van der Waals surface area contributed by atoms with E-state index in [0.717, 1.165) is 0 Å². The third-order valence-electron chi connectivity index (χ3n) is 1.62. The average molecular weight is 237 g/mol. The highest BCUT2D eigenvalue weighted by atomic mass is 35.5. The van der Waals surface area contributed by atoms with Gasteiger partial charge in [0.15, 0.2) is 6.61 Å². The summed E-state index contributed by atoms with van der Waals surface area (Å²) in [5, 5.41) is 0. The predicted octanol–water partition coefficient (Wildman–Crippen LogP) is -0.373. The first-order valence-electron chi connectivity index (χ1n) is 4.21. The Hall–Kier alpha value is -1.30. The van der Waals surface area contributed by atoms with Gasteiger partial charge in [0.05, 0.1) is 6.61 Å². The molecule has 0 bridgehead atoms. The van der Waals surface area contributed by atoms with Crippen LogP contribution in [0.1, 0.15) is 6.42 Å². The van der Waals surface area contributed by atoms with E-state index in [1.54, 1.807) is 0 Å². The van der Waals surface area contributed by atoms with Crippen LogP contribution in [0.5, 0.6) is 0 Å². The number of alkyl halides is 1. The van der Waals surface area contributed by atoms with Gasteiger partial charge in [-0.1, -0.05) is 0 Å². The molecule has 0 aromatic carbocycles. The molecule has 1 atom stereocenters. The second-order valence-electron chi connectivity index (χ2n) is 2.73. The molecule has 0 aromatic heterocycles. The number of halogens is 1. The summed E-state index contributed by atoms with van der Waals surface area (Å²) in [5.41, 5.74) is 0. The maximum atomic E-state index is 11.0. The number of rotatable bonds is 4. The molecule has 84 valence electrons. The van der Waals surface area contributed by atoms with Crippen molar-refractivity contribution < 1.29 is 28.6 Å². The fraction of sp³-hybridized carbons (Fsp3) is 0.625. The quantitative estimate of drug-likeness (QED) is 0.376. The second kappa shape index (κ2) is 5.55. The van der Waals surface area contributed by atoms with E-state index in [1.165, 1.54) is 0 Å². The summed E-state index contributed by atoms with van der Waals surface area (Å²) in [7, 11) is 0. The normalized spacial score (nSPS) is 19.5. The van der Waals surface area contributed by atoms with Crippen molar-refractivity contribution in [2.75, 3.05) is 19.1 Å². The Morgan fingerprint density at radius 2 is 2.20 bits per heavy atom. The minimum atomic E-state index is -0.882. The molecular formula is C8H9ClO6. The Kier molecular flexibility index (Phi) is 4.36. The lowest BCUT2D eigenvalue weighted by Gasteiger charge is -2.07. The van der Waals surface area contributed by atoms with Crippen LogP contribution in [-0.4, -0.2) is 43.1 Å². The highest BCUT2D eigenvalue weighted by molar-refractivity contribution is 6.26. The lowest BCUT2D eigenvalue weighted by molar-refractivity contribution is -0.166. The summed E-state index contributed by atoms with van der Waals surface area (Å²) in [6.45, 7) is -0.312. The maximum Gasteiger partial charge on any atom is 0.347 e. The average Bonchev–Trinajstić information content (AvgIpc) is 2.61. The van der Waals surface area contributed by atoms with Crippen LogP contribution in [0.15, 0.2) is 0 Å². The van der Waals surface area contributed by atoms with Gasteiger partial charge in [-0.3, -0.25) is 4.79 Å². The number of hydrogen-bond donors (Lipinski definition) is 0. The van der Waals surface area contributed by atoms with Gasteiger partial charge in [0.25, 0.3) is 0 Å². The van der Waals surface area contributed by atoms with Crippen molar-refractivity contribution in [1.82, 2.24) is 0 Å². The lowest BCUT2D eigenvalue weighted by atomic mass is 10.3. The van der Waals surface area contributed by atoms with E-state index in [0.29, 0.717) is 6.42 Å². The number of hydrogen-bond acceptors (Lipinski definition) is 6. The Morgan fingerprint density at radius 3 is 2.73 bits per heavy atom. The summed E-state index contributed by atoms with van der Waals surface area (Å²) < 4.78 is 13.7. The molecule has 1 aliphatic rings. The van der Waals surface area contributed by atoms with E-state index >= 15 is 0 Å². The highest BCUT2D eigenvalue weighted by Crippen LogP contribution is 2.10. The van der Waals surface area contributed by atoms with Gasteiger partial charge in [0, 0.05) is 6.42 Å². The third kappa shape index (κ3) is 3.75. The van der Waals surface area contributed by atoms with Crippen LogP contribution in [0.3, 0.4) is 0 Å². The van der Waals surface area contributed by atoms with Gasteiger partial charge in [-0.15, -0.1) is 11.6 Å². The number of esters is 3. The molecule has 0 N–H and O–H groups in total. The van der Waals surface area contributed by atoms with Crippen LogP contribution in [-0.2, 0) is 28.6 Å². The predicted molar refractivity (Wildman–Crippen MR) is 47.1 cm³/mol. The molecular weight excluding hydrogens is 228 g/mol. The molecule has 15 heavy (non-hydrogen) atoms. The van der Waals surface area contributed by atoms with Crippen LogP contribution in [0.2, 0.25) is 0 Å². The van der Waals surface area contributed by atoms with Crippen LogP contribution >= 0.6 is 11.6 Å². The zero-order valence-corrected chi connectivity index (χ0v) is 8.49. The molecule has 0 aromatic rings. The molecule has 1 fully saturated rings. The van der Waals surface area contributed by atoms with Gasteiger partial charge in [0.1, 0.15) is 5.88 Å². The summed E-state index contributed by atoms with van der Waals surface area (Å²) in [6.07, 6.45) is -0.555. The number of carbonyl (C=O) groups is 3. The van der Waals surface area contributed by atoms with Crippen molar-refractivity contribution in [1.29, 1.82) is 0 Å². The molecule has 7 heteroatoms. The first-order valence-corrected chi connectivity index (χ1v) is 4.74. The van der Waals surface area contributed by atoms with Crippen molar-refractivity contribution in [2.24, 2.45) is 0 Å². The van der Waals surface area contributed by atoms with Crippen LogP contribution < -0.4 is 0 Å². The van der Waals surface area contributed by atoms with Gasteiger partial charge in [-0.2, -0.15) is 0 Å². The Labute approximate surface area is 90.4 Å². The minimum Gasteiger partial charge on any atom is -0.463 e. The van der Waals surface area contributed by atoms with E-state index in [-0.39, 0.29) is 12.5 Å². The van der Waals surface area contributed by atoms with E-state index < -0.39 is 30.6 Å². The highest BCUT2D eigenvalue weighted by Gasteiger charge is 2.30. The molecule has 0 spiro atoms. The van der Waals surface area contributed by atoms with Gasteiger partial charge in [-0.25, -0.2) is 9.59 Å². The summed E-state index contributed by atoms with van der Waals surface area (Å²) in [6, 6.07) is 0. The lowest BCUT2D eigenvalue weighted by Crippen LogP contribution is -2.26. The molecule has 0 amide bonds. The fourth-order valence-electron chi connectivity index (χ4n) is 0.955. The minimum absolute atomic E-state index is 0.234. The van der Waals surface area contributed by atoms with Crippen molar-refractivity contribution in [3.05, 3.63) is 0 Å². The van der Waals surface area contributed by atoms with Gasteiger partial charge >= 0.3 is 17.9 Å². The number of ether oxygens (including phenoxy) is 3. The molecule has 6 nitrogen and oxygen atoms in total. The monoisotopic (exact) mass is 236 g/mol. The molecule has 1 saturated heterocycles. The topological polar surface area (TPSA) is 78.9 Å². The fourth-order valence-corrected chi connectivity index (χ4v) is 1.03. The first kappa shape index (κ1) is 11.8. The van der Waals surface area contributed by atoms with E-state index in [9.17, 15) is 14.4 Å². The molecule has 0 saturated carbocycles. The largest absolute Gasteiger partial charge is 0.463 e. The molecule has 1 unspecified atom stereocenters. The van der Waals surface area contributed by atoms with Crippen molar-refractivity contribution in [3.63, 3.8) is 0 Å². The molecule has 1 heterocycles. The maximum absolute atomic E-state index is 11.0. The van der Waals surface area contributed by atoms with Crippen LogP contribution in [0, 0.1) is 0 Å². The summed E-state index contributed by atoms with van der Waals surface area (Å²) in [4.78, 5) is 32.5. The first-order chi connectivity index (χ1) is 7.13. The van der Waals surface area contributed by atoms with Crippen LogP contribution in [0.25, 0.3) is 0 Å². The van der Waals surface area contributed by atoms with Crippen molar-refractivity contribution in [3.8, 4) is 0 Å². The van der Waals surface area contributed by atoms with E-state index in [1.807, 2.05) is 0 Å². The summed E-state index contributed by atoms with van der Waals surface area (Å²) in [5.74, 6) is -2.43. The Balaban J connectivity index is 2.23. The Bertz CT molecular complexity index is 276. The smallest absolute Gasteiger partial charge is 0.347 e. The van der Waals surface area contributed by atoms with Crippen molar-refractivity contribution in [2.45, 2.75) is 12.5 Å².